The number of alkyl halides is 3. The molecule has 12 heteroatoms. The summed E-state index contributed by atoms with van der Waals surface area (Å²) in [5.41, 5.74) is -0.00739. The Labute approximate surface area is 229 Å². The number of hydrogen-bond donors (Lipinski definition) is 2. The van der Waals surface area contributed by atoms with E-state index in [1.54, 1.807) is 4.90 Å². The Morgan fingerprint density at radius 1 is 1.10 bits per heavy atom. The van der Waals surface area contributed by atoms with Crippen molar-refractivity contribution in [2.45, 2.75) is 36.6 Å². The molecule has 1 saturated heterocycles. The summed E-state index contributed by atoms with van der Waals surface area (Å²) in [4.78, 5) is 14.7. The Balaban J connectivity index is 1.38. The quantitative estimate of drug-likeness (QED) is 0.355. The van der Waals surface area contributed by atoms with Crippen molar-refractivity contribution < 1.29 is 40.6 Å². The van der Waals surface area contributed by atoms with Gasteiger partial charge in [0.15, 0.2) is 9.84 Å². The first-order chi connectivity index (χ1) is 18.9. The number of rotatable bonds is 9. The first-order valence-corrected chi connectivity index (χ1v) is 14.2. The Bertz CT molecular complexity index is 1450. The van der Waals surface area contributed by atoms with Gasteiger partial charge in [-0.15, -0.1) is 0 Å². The molecule has 0 aliphatic carbocycles. The monoisotopic (exact) mass is 580 g/mol. The van der Waals surface area contributed by atoms with Crippen LogP contribution in [0.15, 0.2) is 71.6 Å². The van der Waals surface area contributed by atoms with E-state index < -0.39 is 46.0 Å². The molecule has 4 rings (SSSR count). The first-order valence-electron chi connectivity index (χ1n) is 12.5. The minimum atomic E-state index is -4.44. The van der Waals surface area contributed by atoms with Gasteiger partial charge in [0.05, 0.1) is 41.1 Å². The van der Waals surface area contributed by atoms with Crippen LogP contribution in [0.25, 0.3) is 0 Å². The molecular formula is C28H28F4N2O5S. The number of aliphatic hydroxyl groups excluding tert-OH is 1. The van der Waals surface area contributed by atoms with Crippen LogP contribution in [0.2, 0.25) is 0 Å². The summed E-state index contributed by atoms with van der Waals surface area (Å²) in [6, 6.07) is 13.4. The number of halogens is 4. The van der Waals surface area contributed by atoms with Gasteiger partial charge in [-0.2, -0.15) is 13.2 Å². The van der Waals surface area contributed by atoms with E-state index in [4.69, 9.17) is 4.74 Å². The zero-order chi connectivity index (χ0) is 29.1. The maximum absolute atomic E-state index is 15.0. The number of carbonyl (C=O) groups excluding carboxylic acids is 1. The lowest BCUT2D eigenvalue weighted by Crippen LogP contribution is -2.31. The zero-order valence-electron chi connectivity index (χ0n) is 21.5. The highest BCUT2D eigenvalue weighted by molar-refractivity contribution is 7.91. The van der Waals surface area contributed by atoms with Crippen molar-refractivity contribution in [1.29, 1.82) is 0 Å². The molecule has 214 valence electrons. The van der Waals surface area contributed by atoms with Gasteiger partial charge in [-0.05, 0) is 60.2 Å². The van der Waals surface area contributed by atoms with Crippen molar-refractivity contribution in [2.24, 2.45) is 0 Å². The van der Waals surface area contributed by atoms with E-state index in [0.717, 1.165) is 18.2 Å². The molecule has 1 unspecified atom stereocenters. The van der Waals surface area contributed by atoms with E-state index >= 15 is 4.39 Å². The van der Waals surface area contributed by atoms with Gasteiger partial charge in [-0.25, -0.2) is 12.8 Å². The molecule has 0 radical (unpaired) electrons. The summed E-state index contributed by atoms with van der Waals surface area (Å²) in [6.45, 7) is 1.83. The van der Waals surface area contributed by atoms with E-state index in [0.29, 0.717) is 25.1 Å². The van der Waals surface area contributed by atoms with Crippen LogP contribution in [0, 0.1) is 5.82 Å². The molecule has 0 bridgehead atoms. The molecule has 3 aromatic carbocycles. The number of anilines is 1. The Morgan fingerprint density at radius 2 is 1.77 bits per heavy atom. The molecule has 2 atom stereocenters. The van der Waals surface area contributed by atoms with Crippen molar-refractivity contribution in [1.82, 2.24) is 5.32 Å². The fraction of sp³-hybridized carbons (Fsp3) is 0.321. The van der Waals surface area contributed by atoms with Crippen LogP contribution in [0.3, 0.4) is 0 Å². The molecule has 1 heterocycles. The van der Waals surface area contributed by atoms with Gasteiger partial charge in [-0.1, -0.05) is 19.1 Å². The highest BCUT2D eigenvalue weighted by atomic mass is 32.2. The molecule has 40 heavy (non-hydrogen) atoms. The number of nitrogens with one attached hydrogen (secondary N) is 1. The number of aliphatic hydroxyl groups is 1. The van der Waals surface area contributed by atoms with Crippen LogP contribution in [0.5, 0.6) is 5.75 Å². The Kier molecular flexibility index (Phi) is 8.69. The lowest BCUT2D eigenvalue weighted by atomic mass is 10.1. The maximum Gasteiger partial charge on any atom is 0.416 e. The molecular weight excluding hydrogens is 552 g/mol. The number of nitrogens with zero attached hydrogens (tertiary/aromatic N) is 1. The van der Waals surface area contributed by atoms with Crippen molar-refractivity contribution in [2.75, 3.05) is 30.3 Å². The van der Waals surface area contributed by atoms with Gasteiger partial charge < -0.3 is 20.1 Å². The Hall–Kier alpha value is -3.64. The van der Waals surface area contributed by atoms with Gasteiger partial charge in [0.1, 0.15) is 17.7 Å². The van der Waals surface area contributed by atoms with Gasteiger partial charge in [-0.3, -0.25) is 4.79 Å². The van der Waals surface area contributed by atoms with Crippen LogP contribution >= 0.6 is 0 Å². The largest absolute Gasteiger partial charge is 0.489 e. The van der Waals surface area contributed by atoms with Crippen LogP contribution in [0.4, 0.5) is 23.2 Å². The molecule has 2 N–H and O–H groups in total. The lowest BCUT2D eigenvalue weighted by Gasteiger charge is -2.21. The zero-order valence-corrected chi connectivity index (χ0v) is 22.3. The van der Waals surface area contributed by atoms with Crippen LogP contribution in [-0.4, -0.2) is 51.0 Å². The topological polar surface area (TPSA) is 95.9 Å². The Morgan fingerprint density at radius 3 is 2.35 bits per heavy atom. The van der Waals surface area contributed by atoms with Crippen LogP contribution in [-0.2, 0) is 16.0 Å². The predicted molar refractivity (Wildman–Crippen MR) is 141 cm³/mol. The molecule has 1 fully saturated rings. The summed E-state index contributed by atoms with van der Waals surface area (Å²) in [7, 11) is -3.40. The number of ether oxygens (including phenoxy) is 1. The van der Waals surface area contributed by atoms with E-state index in [1.165, 1.54) is 55.5 Å². The fourth-order valence-corrected chi connectivity index (χ4v) is 5.30. The van der Waals surface area contributed by atoms with Crippen LogP contribution < -0.4 is 15.0 Å². The summed E-state index contributed by atoms with van der Waals surface area (Å²) < 4.78 is 83.1. The van der Waals surface area contributed by atoms with E-state index in [-0.39, 0.29) is 33.8 Å². The minimum absolute atomic E-state index is 0.0293. The second kappa shape index (κ2) is 11.8. The molecule has 0 aromatic heterocycles. The van der Waals surface area contributed by atoms with E-state index in [2.05, 4.69) is 5.32 Å². The summed E-state index contributed by atoms with van der Waals surface area (Å²) in [6.07, 6.45) is -4.27. The first kappa shape index (κ1) is 29.3. The SMILES string of the molecule is CCS(=O)(=O)c1ccc([C@H](CO)NC(=O)c2ccc(N3CCC(Oc4ccc(C(F)(F)F)cc4)C3)c(F)c2)cc1. The van der Waals surface area contributed by atoms with Gasteiger partial charge in [0.25, 0.3) is 5.91 Å². The van der Waals surface area contributed by atoms with Crippen molar-refractivity contribution in [3.05, 3.63) is 89.2 Å². The molecule has 1 amide bonds. The lowest BCUT2D eigenvalue weighted by molar-refractivity contribution is -0.137. The summed E-state index contributed by atoms with van der Waals surface area (Å²) >= 11 is 0. The predicted octanol–water partition coefficient (Wildman–Crippen LogP) is 4.76. The highest BCUT2D eigenvalue weighted by Gasteiger charge is 2.31. The number of benzene rings is 3. The average Bonchev–Trinajstić information content (AvgIpc) is 3.39. The third-order valence-electron chi connectivity index (χ3n) is 6.69. The van der Waals surface area contributed by atoms with Gasteiger partial charge >= 0.3 is 6.18 Å². The molecule has 7 nitrogen and oxygen atoms in total. The number of carbonyl (C=O) groups is 1. The van der Waals surface area contributed by atoms with E-state index in [9.17, 15) is 31.5 Å². The third kappa shape index (κ3) is 6.73. The van der Waals surface area contributed by atoms with Crippen molar-refractivity contribution in [3.8, 4) is 5.75 Å². The van der Waals surface area contributed by atoms with Gasteiger partial charge in [0.2, 0.25) is 0 Å². The summed E-state index contributed by atoms with van der Waals surface area (Å²) in [5.74, 6) is -1.04. The number of sulfone groups is 1. The highest BCUT2D eigenvalue weighted by Crippen LogP contribution is 2.31. The number of hydrogen-bond acceptors (Lipinski definition) is 6. The van der Waals surface area contributed by atoms with Crippen LogP contribution in [0.1, 0.15) is 40.9 Å². The molecule has 3 aromatic rings. The average molecular weight is 581 g/mol. The second-order valence-corrected chi connectivity index (χ2v) is 11.6. The normalized spacial score (nSPS) is 16.6. The third-order valence-corrected chi connectivity index (χ3v) is 8.44. The van der Waals surface area contributed by atoms with Crippen molar-refractivity contribution in [3.63, 3.8) is 0 Å². The van der Waals surface area contributed by atoms with E-state index in [1.807, 2.05) is 0 Å². The minimum Gasteiger partial charge on any atom is -0.489 e. The maximum atomic E-state index is 15.0. The second-order valence-electron chi connectivity index (χ2n) is 9.34. The summed E-state index contributed by atoms with van der Waals surface area (Å²) in [5, 5.41) is 12.4. The smallest absolute Gasteiger partial charge is 0.416 e. The van der Waals surface area contributed by atoms with Crippen molar-refractivity contribution >= 4 is 21.4 Å². The molecule has 1 aliphatic heterocycles. The number of amides is 1. The molecule has 1 aliphatic rings. The standard InChI is InChI=1S/C28H28F4N2O5S/c1-2-40(37,38)23-10-3-18(4-11-23)25(17-35)33-27(36)19-5-12-26(24(29)15-19)34-14-13-22(16-34)39-21-8-6-20(7-9-21)28(30,31)32/h3-12,15,22,25,35H,2,13-14,16-17H2,1H3,(H,33,36)/t22?,25-/m0/s1. The fourth-order valence-electron chi connectivity index (χ4n) is 4.41. The molecule has 0 saturated carbocycles. The van der Waals surface area contributed by atoms with Gasteiger partial charge in [0, 0.05) is 18.5 Å². The molecule has 0 spiro atoms.